The van der Waals surface area contributed by atoms with Gasteiger partial charge < -0.3 is 19.2 Å². The van der Waals surface area contributed by atoms with Crippen molar-refractivity contribution in [3.8, 4) is 16.9 Å². The first-order valence-electron chi connectivity index (χ1n) is 13.8. The van der Waals surface area contributed by atoms with Gasteiger partial charge in [0.05, 0.1) is 24.8 Å². The average molecular weight is 590 g/mol. The standard InChI is InChI=1S/C33H36ClN3O3S/c1-4-5-18-40-30-12-6-25(7-13-30)26-8-16-32(34)27(19-26)9-17-33(38)36-28-10-14-31(15-11-28)41(39)22-29-20-35-23-37(29)21-24(2)3/h6-17,19-20,23-24H,4-5,18,21-22H2,1-3H3,(H,36,38)/b17-9+. The predicted molar refractivity (Wildman–Crippen MR) is 169 cm³/mol. The van der Waals surface area contributed by atoms with Crippen molar-refractivity contribution in [2.24, 2.45) is 5.92 Å². The maximum absolute atomic E-state index is 12.9. The quantitative estimate of drug-likeness (QED) is 0.0973. The Morgan fingerprint density at radius 1 is 1.10 bits per heavy atom. The zero-order chi connectivity index (χ0) is 29.2. The second-order valence-electron chi connectivity index (χ2n) is 10.2. The van der Waals surface area contributed by atoms with Gasteiger partial charge in [0, 0.05) is 23.3 Å². The number of carbonyl (C=O) groups excluding carboxylic acids is 1. The first-order chi connectivity index (χ1) is 19.8. The van der Waals surface area contributed by atoms with Crippen LogP contribution in [0.1, 0.15) is 44.9 Å². The lowest BCUT2D eigenvalue weighted by Crippen LogP contribution is -2.12. The molecule has 0 spiro atoms. The minimum absolute atomic E-state index is 0.286. The number of aromatic nitrogens is 2. The molecule has 214 valence electrons. The number of anilines is 1. The van der Waals surface area contributed by atoms with Crippen LogP contribution in [0, 0.1) is 5.92 Å². The first kappa shape index (κ1) is 30.4. The third-order valence-electron chi connectivity index (χ3n) is 6.39. The van der Waals surface area contributed by atoms with E-state index in [2.05, 4.69) is 31.1 Å². The van der Waals surface area contributed by atoms with E-state index in [1.165, 1.54) is 6.08 Å². The number of nitrogens with zero attached hydrogens (tertiary/aromatic N) is 2. The van der Waals surface area contributed by atoms with Crippen LogP contribution in [0.25, 0.3) is 17.2 Å². The first-order valence-corrected chi connectivity index (χ1v) is 15.5. The minimum atomic E-state index is -1.22. The SMILES string of the molecule is CCCCOc1ccc(-c2ccc(Cl)c(/C=C/C(=O)Nc3ccc([S+]([O-])Cc4cncn4CC(C)C)cc3)c2)cc1. The van der Waals surface area contributed by atoms with Gasteiger partial charge in [-0.25, -0.2) is 4.98 Å². The number of carbonyl (C=O) groups is 1. The zero-order valence-electron chi connectivity index (χ0n) is 23.7. The second kappa shape index (κ2) is 14.9. The molecule has 1 N–H and O–H groups in total. The molecule has 0 bridgehead atoms. The molecule has 4 rings (SSSR count). The molecule has 1 unspecified atom stereocenters. The molecular weight excluding hydrogens is 554 g/mol. The van der Waals surface area contributed by atoms with Crippen molar-refractivity contribution in [2.45, 2.75) is 50.8 Å². The molecule has 0 fully saturated rings. The fourth-order valence-corrected chi connectivity index (χ4v) is 5.51. The Morgan fingerprint density at radius 2 is 1.83 bits per heavy atom. The van der Waals surface area contributed by atoms with Gasteiger partial charge in [0.15, 0.2) is 10.6 Å². The maximum Gasteiger partial charge on any atom is 0.248 e. The molecule has 3 aromatic carbocycles. The molecule has 1 heterocycles. The van der Waals surface area contributed by atoms with Gasteiger partial charge in [-0.15, -0.1) is 0 Å². The maximum atomic E-state index is 12.9. The lowest BCUT2D eigenvalue weighted by atomic mass is 10.0. The van der Waals surface area contributed by atoms with Crippen LogP contribution in [0.5, 0.6) is 5.75 Å². The molecular formula is C33H36ClN3O3S. The Balaban J connectivity index is 1.35. The minimum Gasteiger partial charge on any atom is -0.611 e. The summed E-state index contributed by atoms with van der Waals surface area (Å²) in [4.78, 5) is 17.5. The van der Waals surface area contributed by atoms with Crippen LogP contribution >= 0.6 is 11.6 Å². The Kier molecular flexibility index (Phi) is 11.1. The number of imidazole rings is 1. The molecule has 0 saturated carbocycles. The summed E-state index contributed by atoms with van der Waals surface area (Å²) in [6, 6.07) is 20.8. The van der Waals surface area contributed by atoms with E-state index in [1.54, 1.807) is 42.9 Å². The number of unbranched alkanes of at least 4 members (excludes halogenated alkanes) is 1. The van der Waals surface area contributed by atoms with Crippen molar-refractivity contribution in [1.29, 1.82) is 0 Å². The molecule has 0 saturated heterocycles. The largest absolute Gasteiger partial charge is 0.611 e. The molecule has 6 nitrogen and oxygen atoms in total. The van der Waals surface area contributed by atoms with Crippen molar-refractivity contribution in [3.05, 3.63) is 102 Å². The number of nitrogens with one attached hydrogen (secondary N) is 1. The van der Waals surface area contributed by atoms with E-state index < -0.39 is 11.2 Å². The van der Waals surface area contributed by atoms with E-state index in [4.69, 9.17) is 16.3 Å². The number of hydrogen-bond acceptors (Lipinski definition) is 4. The summed E-state index contributed by atoms with van der Waals surface area (Å²) in [6.07, 6.45) is 8.83. The Bertz CT molecular complexity index is 1450. The molecule has 0 aliphatic rings. The van der Waals surface area contributed by atoms with Gasteiger partial charge in [-0.3, -0.25) is 4.79 Å². The summed E-state index contributed by atoms with van der Waals surface area (Å²) in [7, 11) is 0. The Labute approximate surface area is 250 Å². The van der Waals surface area contributed by atoms with E-state index in [1.807, 2.05) is 47.0 Å². The van der Waals surface area contributed by atoms with Gasteiger partial charge in [-0.1, -0.05) is 57.0 Å². The van der Waals surface area contributed by atoms with E-state index >= 15 is 0 Å². The monoisotopic (exact) mass is 589 g/mol. The van der Waals surface area contributed by atoms with E-state index in [-0.39, 0.29) is 5.91 Å². The summed E-state index contributed by atoms with van der Waals surface area (Å²) >= 11 is 5.20. The van der Waals surface area contributed by atoms with Gasteiger partial charge in [0.1, 0.15) is 5.75 Å². The molecule has 41 heavy (non-hydrogen) atoms. The van der Waals surface area contributed by atoms with Crippen LogP contribution in [-0.4, -0.2) is 26.6 Å². The number of benzene rings is 3. The van der Waals surface area contributed by atoms with E-state index in [0.717, 1.165) is 47.5 Å². The van der Waals surface area contributed by atoms with Crippen LogP contribution in [0.3, 0.4) is 0 Å². The number of rotatable bonds is 13. The van der Waals surface area contributed by atoms with Gasteiger partial charge in [0.2, 0.25) is 5.91 Å². The van der Waals surface area contributed by atoms with Gasteiger partial charge in [-0.2, -0.15) is 0 Å². The summed E-state index contributed by atoms with van der Waals surface area (Å²) in [5.41, 5.74) is 4.32. The number of halogens is 1. The summed E-state index contributed by atoms with van der Waals surface area (Å²) in [6.45, 7) is 7.96. The highest BCUT2D eigenvalue weighted by atomic mass is 35.5. The van der Waals surface area contributed by atoms with Crippen molar-refractivity contribution in [2.75, 3.05) is 11.9 Å². The van der Waals surface area contributed by atoms with Crippen LogP contribution in [0.15, 0.2) is 90.2 Å². The van der Waals surface area contributed by atoms with Crippen molar-refractivity contribution >= 4 is 40.4 Å². The van der Waals surface area contributed by atoms with Gasteiger partial charge >= 0.3 is 0 Å². The summed E-state index contributed by atoms with van der Waals surface area (Å²) in [5, 5.41) is 3.41. The molecule has 0 aliphatic heterocycles. The molecule has 0 aliphatic carbocycles. The van der Waals surface area contributed by atoms with Crippen molar-refractivity contribution < 1.29 is 14.1 Å². The lowest BCUT2D eigenvalue weighted by molar-refractivity contribution is -0.111. The number of amides is 1. The van der Waals surface area contributed by atoms with Crippen LogP contribution in [0.4, 0.5) is 5.69 Å². The highest BCUT2D eigenvalue weighted by molar-refractivity contribution is 7.90. The Morgan fingerprint density at radius 3 is 2.54 bits per heavy atom. The highest BCUT2D eigenvalue weighted by Gasteiger charge is 2.16. The van der Waals surface area contributed by atoms with Gasteiger partial charge in [-0.05, 0) is 94.8 Å². The lowest BCUT2D eigenvalue weighted by Gasteiger charge is -2.14. The Hall–Kier alpha value is -3.52. The summed E-state index contributed by atoms with van der Waals surface area (Å²) in [5.74, 6) is 1.42. The molecule has 8 heteroatoms. The molecule has 0 radical (unpaired) electrons. The van der Waals surface area contributed by atoms with Crippen LogP contribution in [0.2, 0.25) is 5.02 Å². The molecule has 1 atom stereocenters. The normalized spacial score (nSPS) is 12.1. The van der Waals surface area contributed by atoms with Crippen LogP contribution < -0.4 is 10.1 Å². The fraction of sp³-hybridized carbons (Fsp3) is 0.273. The molecule has 1 amide bonds. The molecule has 1 aromatic heterocycles. The number of ether oxygens (including phenoxy) is 1. The topological polar surface area (TPSA) is 79.2 Å². The smallest absolute Gasteiger partial charge is 0.248 e. The van der Waals surface area contributed by atoms with Crippen LogP contribution in [-0.2, 0) is 28.3 Å². The highest BCUT2D eigenvalue weighted by Crippen LogP contribution is 2.28. The van der Waals surface area contributed by atoms with Crippen molar-refractivity contribution in [3.63, 3.8) is 0 Å². The average Bonchev–Trinajstić information content (AvgIpc) is 3.39. The summed E-state index contributed by atoms with van der Waals surface area (Å²) < 4.78 is 20.7. The number of hydrogen-bond donors (Lipinski definition) is 1. The third-order valence-corrected chi connectivity index (χ3v) is 8.09. The van der Waals surface area contributed by atoms with Crippen molar-refractivity contribution in [1.82, 2.24) is 9.55 Å². The second-order valence-corrected chi connectivity index (χ2v) is 12.1. The molecule has 4 aromatic rings. The fourth-order valence-electron chi connectivity index (χ4n) is 4.21. The van der Waals surface area contributed by atoms with Gasteiger partial charge in [0.25, 0.3) is 0 Å². The van der Waals surface area contributed by atoms with E-state index in [0.29, 0.717) is 33.9 Å². The predicted octanol–water partition coefficient (Wildman–Crippen LogP) is 8.00. The van der Waals surface area contributed by atoms with E-state index in [9.17, 15) is 9.35 Å². The third kappa shape index (κ3) is 8.98. The zero-order valence-corrected chi connectivity index (χ0v) is 25.3.